The average Bonchev–Trinajstić information content (AvgIpc) is 2.35. The summed E-state index contributed by atoms with van der Waals surface area (Å²) in [5.74, 6) is 1.12. The van der Waals surface area contributed by atoms with Crippen LogP contribution in [0.4, 0.5) is 0 Å². The molecule has 1 heterocycles. The molecule has 0 atom stereocenters. The van der Waals surface area contributed by atoms with E-state index in [2.05, 4.69) is 36.8 Å². The number of para-hydroxylation sites is 1. The Labute approximate surface area is 125 Å². The molecule has 4 heteroatoms. The number of hydrogen-bond donors (Lipinski definition) is 0. The van der Waals surface area contributed by atoms with Crippen molar-refractivity contribution in [2.45, 2.75) is 40.0 Å². The van der Waals surface area contributed by atoms with Crippen LogP contribution in [0.1, 0.15) is 37.7 Å². The second-order valence-electron chi connectivity index (χ2n) is 5.84. The van der Waals surface area contributed by atoms with Gasteiger partial charge in [0.15, 0.2) is 5.15 Å². The lowest BCUT2D eigenvalue weighted by molar-refractivity contribution is 0.436. The SMILES string of the molecule is Cc1nc(Cl)c(Oc2ccccc2C(C)(C)C)nc1C. The Morgan fingerprint density at radius 1 is 1.00 bits per heavy atom. The monoisotopic (exact) mass is 290 g/mol. The summed E-state index contributed by atoms with van der Waals surface area (Å²) in [5, 5.41) is 0.289. The molecular weight excluding hydrogens is 272 g/mol. The summed E-state index contributed by atoms with van der Waals surface area (Å²) in [6.45, 7) is 10.2. The lowest BCUT2D eigenvalue weighted by Crippen LogP contribution is -2.12. The first-order valence-electron chi connectivity index (χ1n) is 6.57. The largest absolute Gasteiger partial charge is 0.436 e. The van der Waals surface area contributed by atoms with E-state index >= 15 is 0 Å². The number of aromatic nitrogens is 2. The van der Waals surface area contributed by atoms with Crippen LogP contribution in [0, 0.1) is 13.8 Å². The maximum Gasteiger partial charge on any atom is 0.257 e. The van der Waals surface area contributed by atoms with E-state index in [1.165, 1.54) is 0 Å². The van der Waals surface area contributed by atoms with Crippen molar-refractivity contribution in [3.8, 4) is 11.6 Å². The fourth-order valence-corrected chi connectivity index (χ4v) is 2.11. The highest BCUT2D eigenvalue weighted by Crippen LogP contribution is 2.35. The minimum absolute atomic E-state index is 0.0176. The summed E-state index contributed by atoms with van der Waals surface area (Å²) in [7, 11) is 0. The third-order valence-electron chi connectivity index (χ3n) is 3.14. The Balaban J connectivity index is 2.43. The first-order valence-corrected chi connectivity index (χ1v) is 6.95. The van der Waals surface area contributed by atoms with E-state index in [9.17, 15) is 0 Å². The summed E-state index contributed by atoms with van der Waals surface area (Å²) in [4.78, 5) is 8.61. The highest BCUT2D eigenvalue weighted by molar-refractivity contribution is 6.30. The van der Waals surface area contributed by atoms with Crippen molar-refractivity contribution in [2.24, 2.45) is 0 Å². The number of rotatable bonds is 2. The molecule has 0 bridgehead atoms. The fourth-order valence-electron chi connectivity index (χ4n) is 1.90. The molecule has 106 valence electrons. The molecule has 1 aromatic carbocycles. The maximum absolute atomic E-state index is 6.12. The molecule has 2 aromatic rings. The van der Waals surface area contributed by atoms with Gasteiger partial charge in [-0.2, -0.15) is 0 Å². The number of hydrogen-bond acceptors (Lipinski definition) is 3. The lowest BCUT2D eigenvalue weighted by atomic mass is 9.86. The zero-order chi connectivity index (χ0) is 14.9. The fraction of sp³-hybridized carbons (Fsp3) is 0.375. The molecule has 0 aliphatic carbocycles. The Kier molecular flexibility index (Phi) is 4.00. The van der Waals surface area contributed by atoms with E-state index < -0.39 is 0 Å². The lowest BCUT2D eigenvalue weighted by Gasteiger charge is -2.22. The van der Waals surface area contributed by atoms with Crippen LogP contribution >= 0.6 is 11.6 Å². The minimum Gasteiger partial charge on any atom is -0.436 e. The molecule has 1 aromatic heterocycles. The van der Waals surface area contributed by atoms with Crippen LogP contribution in [0.3, 0.4) is 0 Å². The number of aryl methyl sites for hydroxylation is 2. The second-order valence-corrected chi connectivity index (χ2v) is 6.20. The highest BCUT2D eigenvalue weighted by atomic mass is 35.5. The van der Waals surface area contributed by atoms with Gasteiger partial charge in [-0.25, -0.2) is 9.97 Å². The third-order valence-corrected chi connectivity index (χ3v) is 3.38. The van der Waals surface area contributed by atoms with Crippen LogP contribution in [-0.4, -0.2) is 9.97 Å². The van der Waals surface area contributed by atoms with Crippen molar-refractivity contribution in [3.63, 3.8) is 0 Å². The van der Waals surface area contributed by atoms with E-state index in [1.54, 1.807) is 0 Å². The van der Waals surface area contributed by atoms with E-state index in [0.717, 1.165) is 22.7 Å². The topological polar surface area (TPSA) is 35.0 Å². The van der Waals surface area contributed by atoms with E-state index in [-0.39, 0.29) is 10.6 Å². The molecule has 0 unspecified atom stereocenters. The summed E-state index contributed by atoms with van der Waals surface area (Å²) >= 11 is 6.12. The summed E-state index contributed by atoms with van der Waals surface area (Å²) in [6.07, 6.45) is 0. The van der Waals surface area contributed by atoms with Crippen molar-refractivity contribution < 1.29 is 4.74 Å². The molecule has 0 fully saturated rings. The molecular formula is C16H19ClN2O. The predicted octanol–water partition coefficient (Wildman–Crippen LogP) is 4.84. The number of nitrogens with zero attached hydrogens (tertiary/aromatic N) is 2. The zero-order valence-electron chi connectivity index (χ0n) is 12.5. The van der Waals surface area contributed by atoms with Crippen LogP contribution in [0.25, 0.3) is 0 Å². The quantitative estimate of drug-likeness (QED) is 0.794. The Bertz CT molecular complexity index is 633. The molecule has 0 amide bonds. The van der Waals surface area contributed by atoms with Crippen LogP contribution < -0.4 is 4.74 Å². The molecule has 0 saturated carbocycles. The number of benzene rings is 1. The van der Waals surface area contributed by atoms with Crippen LogP contribution in [0.2, 0.25) is 5.15 Å². The molecule has 3 nitrogen and oxygen atoms in total. The molecule has 0 aliphatic heterocycles. The molecule has 20 heavy (non-hydrogen) atoms. The van der Waals surface area contributed by atoms with Crippen molar-refractivity contribution >= 4 is 11.6 Å². The van der Waals surface area contributed by atoms with Gasteiger partial charge in [0.25, 0.3) is 5.88 Å². The van der Waals surface area contributed by atoms with Gasteiger partial charge < -0.3 is 4.74 Å². The summed E-state index contributed by atoms with van der Waals surface area (Å²) in [6, 6.07) is 7.92. The highest BCUT2D eigenvalue weighted by Gasteiger charge is 2.20. The third kappa shape index (κ3) is 3.10. The van der Waals surface area contributed by atoms with E-state index in [0.29, 0.717) is 5.88 Å². The average molecular weight is 291 g/mol. The first kappa shape index (κ1) is 14.8. The standard InChI is InChI=1S/C16H19ClN2O/c1-10-11(2)19-15(14(17)18-10)20-13-9-7-6-8-12(13)16(3,4)5/h6-9H,1-5H3. The van der Waals surface area contributed by atoms with E-state index in [4.69, 9.17) is 16.3 Å². The smallest absolute Gasteiger partial charge is 0.257 e. The van der Waals surface area contributed by atoms with Gasteiger partial charge in [0, 0.05) is 5.56 Å². The van der Waals surface area contributed by atoms with Gasteiger partial charge >= 0.3 is 0 Å². The first-order chi connectivity index (χ1) is 9.29. The Morgan fingerprint density at radius 2 is 1.60 bits per heavy atom. The normalized spacial score (nSPS) is 11.5. The van der Waals surface area contributed by atoms with Gasteiger partial charge in [-0.1, -0.05) is 50.6 Å². The number of ether oxygens (including phenoxy) is 1. The zero-order valence-corrected chi connectivity index (χ0v) is 13.2. The Hall–Kier alpha value is -1.61. The molecule has 0 saturated heterocycles. The molecule has 0 N–H and O–H groups in total. The van der Waals surface area contributed by atoms with Gasteiger partial charge in [-0.05, 0) is 25.3 Å². The van der Waals surface area contributed by atoms with Crippen molar-refractivity contribution in [1.82, 2.24) is 9.97 Å². The molecule has 0 radical (unpaired) electrons. The van der Waals surface area contributed by atoms with Crippen molar-refractivity contribution in [2.75, 3.05) is 0 Å². The molecule has 0 spiro atoms. The maximum atomic E-state index is 6.12. The molecule has 2 rings (SSSR count). The molecule has 0 aliphatic rings. The Morgan fingerprint density at radius 3 is 2.25 bits per heavy atom. The van der Waals surface area contributed by atoms with Gasteiger partial charge in [-0.15, -0.1) is 0 Å². The van der Waals surface area contributed by atoms with Gasteiger partial charge in [0.1, 0.15) is 5.75 Å². The van der Waals surface area contributed by atoms with Gasteiger partial charge in [-0.3, -0.25) is 0 Å². The van der Waals surface area contributed by atoms with Crippen LogP contribution in [0.5, 0.6) is 11.6 Å². The van der Waals surface area contributed by atoms with Gasteiger partial charge in [0.05, 0.1) is 11.4 Å². The summed E-state index contributed by atoms with van der Waals surface area (Å²) < 4.78 is 5.90. The van der Waals surface area contributed by atoms with Crippen LogP contribution in [0.15, 0.2) is 24.3 Å². The van der Waals surface area contributed by atoms with E-state index in [1.807, 2.05) is 32.0 Å². The predicted molar refractivity (Wildman–Crippen MR) is 81.7 cm³/mol. The summed E-state index contributed by atoms with van der Waals surface area (Å²) in [5.41, 5.74) is 2.72. The number of halogens is 1. The van der Waals surface area contributed by atoms with Crippen molar-refractivity contribution in [1.29, 1.82) is 0 Å². The van der Waals surface area contributed by atoms with Crippen LogP contribution in [-0.2, 0) is 5.41 Å². The second kappa shape index (κ2) is 5.41. The minimum atomic E-state index is -0.0176. The van der Waals surface area contributed by atoms with Gasteiger partial charge in [0.2, 0.25) is 0 Å². The van der Waals surface area contributed by atoms with Crippen molar-refractivity contribution in [3.05, 3.63) is 46.4 Å².